The van der Waals surface area contributed by atoms with Crippen LogP contribution >= 0.6 is 11.3 Å². The summed E-state index contributed by atoms with van der Waals surface area (Å²) in [6.45, 7) is 10.2. The summed E-state index contributed by atoms with van der Waals surface area (Å²) < 4.78 is 0. The molecule has 0 radical (unpaired) electrons. The van der Waals surface area contributed by atoms with Gasteiger partial charge < -0.3 is 0 Å². The van der Waals surface area contributed by atoms with Crippen molar-refractivity contribution < 1.29 is 0 Å². The van der Waals surface area contributed by atoms with Crippen molar-refractivity contribution in [3.8, 4) is 10.6 Å². The molecule has 0 saturated heterocycles. The minimum atomic E-state index is 0. The number of hydrogen-bond acceptors (Lipinski definition) is 3. The zero-order valence-corrected chi connectivity index (χ0v) is 11.4. The van der Waals surface area contributed by atoms with E-state index in [4.69, 9.17) is 0 Å². The topological polar surface area (TPSA) is 25.8 Å². The summed E-state index contributed by atoms with van der Waals surface area (Å²) in [5.41, 5.74) is 3.31. The lowest BCUT2D eigenvalue weighted by molar-refractivity contribution is 1.18. The molecule has 0 fully saturated rings. The molecule has 0 atom stereocenters. The van der Waals surface area contributed by atoms with E-state index in [2.05, 4.69) is 23.0 Å². The Balaban J connectivity index is 0.000000811. The Bertz CT molecular complexity index is 441. The van der Waals surface area contributed by atoms with Gasteiger partial charge in [-0.1, -0.05) is 21.3 Å². The summed E-state index contributed by atoms with van der Waals surface area (Å²) >= 11 is 1.73. The molecule has 2 aromatic heterocycles. The number of aryl methyl sites for hydroxylation is 3. The monoisotopic (exact) mass is 250 g/mol. The van der Waals surface area contributed by atoms with Crippen molar-refractivity contribution in [3.63, 3.8) is 0 Å². The van der Waals surface area contributed by atoms with Gasteiger partial charge in [0.05, 0.1) is 5.69 Å². The summed E-state index contributed by atoms with van der Waals surface area (Å²) in [7, 11) is 0. The molecule has 0 unspecified atom stereocenters. The quantitative estimate of drug-likeness (QED) is 0.727. The highest BCUT2D eigenvalue weighted by molar-refractivity contribution is 7.15. The largest absolute Gasteiger partial charge is 0.261 e. The maximum Gasteiger partial charge on any atom is 0.125 e. The molecule has 94 valence electrons. The highest BCUT2D eigenvalue weighted by atomic mass is 32.1. The molecular weight excluding hydrogens is 228 g/mol. The first-order valence-corrected chi connectivity index (χ1v) is 6.36. The molecule has 0 aliphatic heterocycles. The summed E-state index contributed by atoms with van der Waals surface area (Å²) in [4.78, 5) is 10.1. The number of hydrogen-bond donors (Lipinski definition) is 0. The van der Waals surface area contributed by atoms with Gasteiger partial charge in [0.25, 0.3) is 0 Å². The summed E-state index contributed by atoms with van der Waals surface area (Å²) in [5.74, 6) is 0. The van der Waals surface area contributed by atoms with E-state index in [0.717, 1.165) is 22.0 Å². The fourth-order valence-corrected chi connectivity index (χ4v) is 2.29. The van der Waals surface area contributed by atoms with E-state index in [0.29, 0.717) is 0 Å². The highest BCUT2D eigenvalue weighted by Crippen LogP contribution is 2.28. The number of pyridine rings is 1. The Morgan fingerprint density at radius 2 is 1.71 bits per heavy atom. The lowest BCUT2D eigenvalue weighted by Gasteiger charge is -1.98. The van der Waals surface area contributed by atoms with Crippen molar-refractivity contribution in [2.45, 2.75) is 42.0 Å². The first kappa shape index (κ1) is 15.8. The van der Waals surface area contributed by atoms with Crippen LogP contribution in [0.15, 0.2) is 18.3 Å². The van der Waals surface area contributed by atoms with Gasteiger partial charge in [-0.15, -0.1) is 11.3 Å². The van der Waals surface area contributed by atoms with Gasteiger partial charge in [0.2, 0.25) is 0 Å². The minimum Gasteiger partial charge on any atom is -0.261 e. The number of aromatic nitrogens is 2. The lowest BCUT2D eigenvalue weighted by atomic mass is 10.2. The zero-order chi connectivity index (χ0) is 12.1. The Morgan fingerprint density at radius 1 is 1.06 bits per heavy atom. The molecule has 0 bridgehead atoms. The molecule has 2 rings (SSSR count). The van der Waals surface area contributed by atoms with Gasteiger partial charge in [-0.3, -0.25) is 4.98 Å². The SMILES string of the molecule is C.CC.Cc1ncccc1-c1nc(C)c(C)s1. The molecule has 0 spiro atoms. The summed E-state index contributed by atoms with van der Waals surface area (Å²) in [6.07, 6.45) is 1.81. The van der Waals surface area contributed by atoms with E-state index in [9.17, 15) is 0 Å². The molecule has 0 aromatic carbocycles. The maximum absolute atomic E-state index is 4.52. The Hall–Kier alpha value is -1.22. The number of rotatable bonds is 1. The van der Waals surface area contributed by atoms with Crippen LogP contribution in [0.1, 0.15) is 37.5 Å². The molecule has 2 heterocycles. The van der Waals surface area contributed by atoms with Crippen LogP contribution < -0.4 is 0 Å². The van der Waals surface area contributed by atoms with Gasteiger partial charge in [-0.05, 0) is 32.9 Å². The standard InChI is InChI=1S/C11H12N2S.C2H6.CH4/c1-7-9(3)14-11(13-7)10-5-4-6-12-8(10)2;1-2;/h4-6H,1-3H3;1-2H3;1H4. The van der Waals surface area contributed by atoms with Crippen LogP contribution in [0.4, 0.5) is 0 Å². The van der Waals surface area contributed by atoms with Gasteiger partial charge in [-0.25, -0.2) is 4.98 Å². The van der Waals surface area contributed by atoms with Crippen LogP contribution in [0.5, 0.6) is 0 Å². The Morgan fingerprint density at radius 3 is 2.18 bits per heavy atom. The van der Waals surface area contributed by atoms with Crippen LogP contribution in [-0.4, -0.2) is 9.97 Å². The average molecular weight is 250 g/mol. The van der Waals surface area contributed by atoms with E-state index in [1.807, 2.05) is 40.0 Å². The van der Waals surface area contributed by atoms with Crippen LogP contribution in [0.25, 0.3) is 10.6 Å². The third-order valence-electron chi connectivity index (χ3n) is 2.27. The van der Waals surface area contributed by atoms with Crippen molar-refractivity contribution in [1.29, 1.82) is 0 Å². The maximum atomic E-state index is 4.52. The average Bonchev–Trinajstić information content (AvgIpc) is 2.62. The normalized spacial score (nSPS) is 9.00. The predicted molar refractivity (Wildman–Crippen MR) is 77.6 cm³/mol. The molecule has 0 amide bonds. The van der Waals surface area contributed by atoms with E-state index < -0.39 is 0 Å². The van der Waals surface area contributed by atoms with Crippen molar-refractivity contribution in [2.24, 2.45) is 0 Å². The molecular formula is C14H22N2S. The summed E-state index contributed by atoms with van der Waals surface area (Å²) in [6, 6.07) is 4.02. The first-order valence-electron chi connectivity index (χ1n) is 5.54. The smallest absolute Gasteiger partial charge is 0.125 e. The Kier molecular flexibility index (Phi) is 6.66. The fourth-order valence-electron chi connectivity index (χ4n) is 1.30. The molecule has 0 saturated carbocycles. The lowest BCUT2D eigenvalue weighted by Crippen LogP contribution is -1.85. The van der Waals surface area contributed by atoms with Crippen molar-refractivity contribution >= 4 is 11.3 Å². The molecule has 3 heteroatoms. The van der Waals surface area contributed by atoms with Gasteiger partial charge in [0.1, 0.15) is 5.01 Å². The Labute approximate surface area is 109 Å². The second-order valence-electron chi connectivity index (χ2n) is 3.30. The molecule has 0 aliphatic carbocycles. The summed E-state index contributed by atoms with van der Waals surface area (Å²) in [5, 5.41) is 1.07. The predicted octanol–water partition coefficient (Wildman–Crippen LogP) is 4.79. The molecule has 17 heavy (non-hydrogen) atoms. The van der Waals surface area contributed by atoms with Crippen molar-refractivity contribution in [3.05, 3.63) is 34.6 Å². The second kappa shape index (κ2) is 7.17. The fraction of sp³-hybridized carbons (Fsp3) is 0.429. The molecule has 2 nitrogen and oxygen atoms in total. The number of thiazole rings is 1. The zero-order valence-electron chi connectivity index (χ0n) is 10.5. The van der Waals surface area contributed by atoms with Gasteiger partial charge in [0.15, 0.2) is 0 Å². The van der Waals surface area contributed by atoms with E-state index in [1.54, 1.807) is 11.3 Å². The van der Waals surface area contributed by atoms with E-state index in [1.165, 1.54) is 4.88 Å². The second-order valence-corrected chi connectivity index (χ2v) is 4.50. The van der Waals surface area contributed by atoms with Crippen molar-refractivity contribution in [2.75, 3.05) is 0 Å². The van der Waals surface area contributed by atoms with Crippen LogP contribution in [0.3, 0.4) is 0 Å². The number of nitrogens with zero attached hydrogens (tertiary/aromatic N) is 2. The van der Waals surface area contributed by atoms with Crippen LogP contribution in [-0.2, 0) is 0 Å². The van der Waals surface area contributed by atoms with Crippen molar-refractivity contribution in [1.82, 2.24) is 9.97 Å². The van der Waals surface area contributed by atoms with Gasteiger partial charge in [0, 0.05) is 22.3 Å². The van der Waals surface area contributed by atoms with Crippen LogP contribution in [0.2, 0.25) is 0 Å². The van der Waals surface area contributed by atoms with E-state index >= 15 is 0 Å². The van der Waals surface area contributed by atoms with Crippen LogP contribution in [0, 0.1) is 20.8 Å². The third kappa shape index (κ3) is 3.63. The first-order chi connectivity index (χ1) is 7.68. The van der Waals surface area contributed by atoms with E-state index in [-0.39, 0.29) is 7.43 Å². The highest BCUT2D eigenvalue weighted by Gasteiger charge is 2.08. The molecule has 0 aliphatic rings. The van der Waals surface area contributed by atoms with Gasteiger partial charge >= 0.3 is 0 Å². The molecule has 0 N–H and O–H groups in total. The minimum absolute atomic E-state index is 0. The molecule has 2 aromatic rings. The third-order valence-corrected chi connectivity index (χ3v) is 3.37. The van der Waals surface area contributed by atoms with Gasteiger partial charge in [-0.2, -0.15) is 0 Å².